The van der Waals surface area contributed by atoms with E-state index in [0.717, 1.165) is 0 Å². The highest BCUT2D eigenvalue weighted by Gasteiger charge is 2.01. The topological polar surface area (TPSA) is 45.5 Å². The molecule has 11 heavy (non-hydrogen) atoms. The number of halogens is 2. The summed E-state index contributed by atoms with van der Waals surface area (Å²) in [5.41, 5.74) is 0.536. The highest BCUT2D eigenvalue weighted by atomic mass is 35.5. The smallest absolute Gasteiger partial charge is 0.148 e. The highest BCUT2D eigenvalue weighted by molar-refractivity contribution is 6.42. The molecule has 0 aliphatic rings. The van der Waals surface area contributed by atoms with Gasteiger partial charge >= 0.3 is 0 Å². The summed E-state index contributed by atoms with van der Waals surface area (Å²) in [5, 5.41) is 11.5. The van der Waals surface area contributed by atoms with Crippen molar-refractivity contribution >= 4 is 29.4 Å². The van der Waals surface area contributed by atoms with Crippen LogP contribution >= 0.6 is 23.2 Å². The average molecular weight is 191 g/mol. The van der Waals surface area contributed by atoms with Crippen molar-refractivity contribution in [1.82, 2.24) is 4.98 Å². The van der Waals surface area contributed by atoms with Crippen LogP contribution in [0.2, 0.25) is 10.2 Å². The van der Waals surface area contributed by atoms with Crippen LogP contribution in [-0.2, 0) is 0 Å². The van der Waals surface area contributed by atoms with Crippen molar-refractivity contribution < 1.29 is 5.21 Å². The summed E-state index contributed by atoms with van der Waals surface area (Å²) in [7, 11) is 0. The van der Waals surface area contributed by atoms with E-state index in [1.165, 1.54) is 12.4 Å². The molecule has 58 valence electrons. The predicted molar refractivity (Wildman–Crippen MR) is 43.6 cm³/mol. The first kappa shape index (κ1) is 8.30. The Hall–Kier alpha value is -0.800. The monoisotopic (exact) mass is 190 g/mol. The van der Waals surface area contributed by atoms with Crippen LogP contribution in [0.25, 0.3) is 0 Å². The third-order valence-corrected chi connectivity index (χ3v) is 1.85. The molecule has 0 aliphatic carbocycles. The van der Waals surface area contributed by atoms with Gasteiger partial charge in [-0.1, -0.05) is 28.4 Å². The minimum atomic E-state index is 0.198. The van der Waals surface area contributed by atoms with E-state index in [4.69, 9.17) is 28.4 Å². The molecule has 0 radical (unpaired) electrons. The Balaban J connectivity index is 3.16. The van der Waals surface area contributed by atoms with Crippen LogP contribution in [0.5, 0.6) is 0 Å². The summed E-state index contributed by atoms with van der Waals surface area (Å²) in [5.74, 6) is 0. The molecule has 0 aliphatic heterocycles. The summed E-state index contributed by atoms with van der Waals surface area (Å²) in [6, 6.07) is 1.59. The van der Waals surface area contributed by atoms with Crippen molar-refractivity contribution in [2.45, 2.75) is 0 Å². The minimum absolute atomic E-state index is 0.198. The van der Waals surface area contributed by atoms with Gasteiger partial charge in [0.2, 0.25) is 0 Å². The Kier molecular flexibility index (Phi) is 2.68. The van der Waals surface area contributed by atoms with Gasteiger partial charge in [0.05, 0.1) is 11.2 Å². The Morgan fingerprint density at radius 2 is 2.27 bits per heavy atom. The second kappa shape index (κ2) is 3.55. The zero-order valence-corrected chi connectivity index (χ0v) is 6.84. The zero-order valence-electron chi connectivity index (χ0n) is 5.33. The first-order chi connectivity index (χ1) is 5.25. The van der Waals surface area contributed by atoms with Gasteiger partial charge in [-0.15, -0.1) is 0 Å². The van der Waals surface area contributed by atoms with E-state index in [2.05, 4.69) is 10.1 Å². The molecule has 1 aromatic rings. The molecule has 0 bridgehead atoms. The average Bonchev–Trinajstić information content (AvgIpc) is 1.99. The number of aromatic nitrogens is 1. The molecule has 0 fully saturated rings. The van der Waals surface area contributed by atoms with Gasteiger partial charge < -0.3 is 5.21 Å². The molecule has 0 unspecified atom stereocenters. The van der Waals surface area contributed by atoms with Gasteiger partial charge in [0.15, 0.2) is 0 Å². The summed E-state index contributed by atoms with van der Waals surface area (Å²) in [4.78, 5) is 3.71. The van der Waals surface area contributed by atoms with Gasteiger partial charge in [-0.2, -0.15) is 0 Å². The molecule has 0 spiro atoms. The Morgan fingerprint density at radius 1 is 1.55 bits per heavy atom. The lowest BCUT2D eigenvalue weighted by molar-refractivity contribution is 0.322. The molecule has 0 saturated carbocycles. The van der Waals surface area contributed by atoms with Gasteiger partial charge in [-0.25, -0.2) is 4.98 Å². The number of rotatable bonds is 1. The van der Waals surface area contributed by atoms with Crippen molar-refractivity contribution in [1.29, 1.82) is 0 Å². The molecule has 1 aromatic heterocycles. The first-order valence-electron chi connectivity index (χ1n) is 2.73. The van der Waals surface area contributed by atoms with Gasteiger partial charge in [0.25, 0.3) is 0 Å². The molecule has 1 N–H and O–H groups in total. The molecule has 0 aromatic carbocycles. The lowest BCUT2D eigenvalue weighted by atomic mass is 10.3. The molecule has 1 heterocycles. The third kappa shape index (κ3) is 1.82. The lowest BCUT2D eigenvalue weighted by Gasteiger charge is -1.96. The van der Waals surface area contributed by atoms with Crippen LogP contribution in [0.4, 0.5) is 0 Å². The van der Waals surface area contributed by atoms with E-state index < -0.39 is 0 Å². The number of oxime groups is 1. The molecule has 0 saturated heterocycles. The first-order valence-corrected chi connectivity index (χ1v) is 3.48. The maximum absolute atomic E-state index is 8.18. The van der Waals surface area contributed by atoms with E-state index >= 15 is 0 Å². The van der Waals surface area contributed by atoms with E-state index in [0.29, 0.717) is 5.56 Å². The Labute approximate surface area is 73.3 Å². The number of hydrogen-bond acceptors (Lipinski definition) is 3. The normalized spacial score (nSPS) is 10.7. The van der Waals surface area contributed by atoms with Crippen molar-refractivity contribution in [2.24, 2.45) is 5.16 Å². The SMILES string of the molecule is ON=Cc1ccnc(Cl)c1Cl. The van der Waals surface area contributed by atoms with Crippen LogP contribution in [0.1, 0.15) is 5.56 Å². The molecular weight excluding hydrogens is 187 g/mol. The number of nitrogens with zero attached hydrogens (tertiary/aromatic N) is 2. The summed E-state index contributed by atoms with van der Waals surface area (Å²) < 4.78 is 0. The summed E-state index contributed by atoms with van der Waals surface area (Å²) in [6.45, 7) is 0. The van der Waals surface area contributed by atoms with Crippen LogP contribution in [0.3, 0.4) is 0 Å². The third-order valence-electron chi connectivity index (χ3n) is 1.07. The van der Waals surface area contributed by atoms with Gasteiger partial charge in [0, 0.05) is 11.8 Å². The molecular formula is C6H4Cl2N2O. The van der Waals surface area contributed by atoms with Gasteiger partial charge in [-0.05, 0) is 6.07 Å². The minimum Gasteiger partial charge on any atom is -0.411 e. The fourth-order valence-corrected chi connectivity index (χ4v) is 0.920. The number of hydrogen-bond donors (Lipinski definition) is 1. The van der Waals surface area contributed by atoms with Crippen LogP contribution in [0, 0.1) is 0 Å². The van der Waals surface area contributed by atoms with Crippen molar-refractivity contribution in [3.8, 4) is 0 Å². The second-order valence-corrected chi connectivity index (χ2v) is 2.49. The fraction of sp³-hybridized carbons (Fsp3) is 0. The van der Waals surface area contributed by atoms with Crippen molar-refractivity contribution in [3.05, 3.63) is 28.0 Å². The standard InChI is InChI=1S/C6H4Cl2N2O/c7-5-4(3-10-11)1-2-9-6(5)8/h1-3,11H. The number of pyridine rings is 1. The van der Waals surface area contributed by atoms with Crippen LogP contribution in [0.15, 0.2) is 17.4 Å². The van der Waals surface area contributed by atoms with E-state index in [9.17, 15) is 0 Å². The Bertz CT molecular complexity index is 288. The Morgan fingerprint density at radius 3 is 2.91 bits per heavy atom. The van der Waals surface area contributed by atoms with Crippen LogP contribution < -0.4 is 0 Å². The largest absolute Gasteiger partial charge is 0.411 e. The fourth-order valence-electron chi connectivity index (χ4n) is 0.594. The van der Waals surface area contributed by atoms with Crippen molar-refractivity contribution in [2.75, 3.05) is 0 Å². The summed E-state index contributed by atoms with van der Waals surface area (Å²) >= 11 is 11.2. The van der Waals surface area contributed by atoms with Gasteiger partial charge in [0.1, 0.15) is 5.15 Å². The van der Waals surface area contributed by atoms with Gasteiger partial charge in [-0.3, -0.25) is 0 Å². The molecule has 0 amide bonds. The quantitative estimate of drug-likeness (QED) is 0.320. The van der Waals surface area contributed by atoms with E-state index in [1.807, 2.05) is 0 Å². The zero-order chi connectivity index (χ0) is 8.27. The second-order valence-electron chi connectivity index (χ2n) is 1.75. The lowest BCUT2D eigenvalue weighted by Crippen LogP contribution is -1.85. The van der Waals surface area contributed by atoms with E-state index in [-0.39, 0.29) is 10.2 Å². The van der Waals surface area contributed by atoms with E-state index in [1.54, 1.807) is 6.07 Å². The highest BCUT2D eigenvalue weighted by Crippen LogP contribution is 2.21. The maximum atomic E-state index is 8.18. The summed E-state index contributed by atoms with van der Waals surface area (Å²) in [6.07, 6.45) is 2.67. The van der Waals surface area contributed by atoms with Crippen LogP contribution in [-0.4, -0.2) is 16.4 Å². The predicted octanol–water partition coefficient (Wildman–Crippen LogP) is 2.20. The molecule has 1 rings (SSSR count). The van der Waals surface area contributed by atoms with Crippen molar-refractivity contribution in [3.63, 3.8) is 0 Å². The molecule has 0 atom stereocenters. The molecule has 5 heteroatoms. The molecule has 3 nitrogen and oxygen atoms in total. The maximum Gasteiger partial charge on any atom is 0.148 e.